The lowest BCUT2D eigenvalue weighted by atomic mass is 9.97. The Hall–Kier alpha value is -2.41. The van der Waals surface area contributed by atoms with Gasteiger partial charge in [-0.15, -0.1) is 11.3 Å². The molecule has 2 aromatic rings. The van der Waals surface area contributed by atoms with Gasteiger partial charge in [0, 0.05) is 12.5 Å². The molecule has 29 heavy (non-hydrogen) atoms. The van der Waals surface area contributed by atoms with Gasteiger partial charge in [0.15, 0.2) is 0 Å². The van der Waals surface area contributed by atoms with Crippen molar-refractivity contribution in [3.63, 3.8) is 0 Å². The van der Waals surface area contributed by atoms with Crippen molar-refractivity contribution in [1.29, 1.82) is 0 Å². The second-order valence-electron chi connectivity index (χ2n) is 7.91. The number of benzene rings is 1. The first kappa shape index (κ1) is 19.9. The van der Waals surface area contributed by atoms with Crippen LogP contribution in [-0.4, -0.2) is 46.9 Å². The number of aromatic nitrogens is 1. The standard InChI is InChI=1S/C22H27N3O3S/c1-14-21(29-13-23-14)22(27)25-16(11-15-7-9-17(28-2)10-8-15)12-18-19(25)5-3-4-6-20(26)24-18/h7-10,13,16,18-19H,3-6,11-12H2,1-2H3,(H,24,26)/t16-,18+,19-/m1/s1. The number of hydrogen-bond donors (Lipinski definition) is 1. The molecule has 2 saturated heterocycles. The van der Waals surface area contributed by atoms with E-state index < -0.39 is 0 Å². The van der Waals surface area contributed by atoms with Crippen LogP contribution in [0, 0.1) is 6.92 Å². The summed E-state index contributed by atoms with van der Waals surface area (Å²) >= 11 is 1.40. The highest BCUT2D eigenvalue weighted by molar-refractivity contribution is 7.11. The Labute approximate surface area is 175 Å². The van der Waals surface area contributed by atoms with E-state index in [9.17, 15) is 9.59 Å². The zero-order chi connectivity index (χ0) is 20.4. The van der Waals surface area contributed by atoms with Gasteiger partial charge in [0.1, 0.15) is 10.6 Å². The predicted molar refractivity (Wildman–Crippen MR) is 112 cm³/mol. The van der Waals surface area contributed by atoms with Gasteiger partial charge < -0.3 is 15.0 Å². The van der Waals surface area contributed by atoms with Crippen LogP contribution in [0.2, 0.25) is 0 Å². The fourth-order valence-corrected chi connectivity index (χ4v) is 5.34. The van der Waals surface area contributed by atoms with Crippen molar-refractivity contribution in [2.75, 3.05) is 7.11 Å². The van der Waals surface area contributed by atoms with E-state index in [0.29, 0.717) is 11.3 Å². The molecule has 154 valence electrons. The number of rotatable bonds is 4. The fraction of sp³-hybridized carbons (Fsp3) is 0.500. The zero-order valence-corrected chi connectivity index (χ0v) is 17.7. The van der Waals surface area contributed by atoms with Gasteiger partial charge in [-0.05, 0) is 50.3 Å². The van der Waals surface area contributed by atoms with Crippen LogP contribution >= 0.6 is 11.3 Å². The summed E-state index contributed by atoms with van der Waals surface area (Å²) in [7, 11) is 1.66. The van der Waals surface area contributed by atoms with Gasteiger partial charge in [0.05, 0.1) is 30.4 Å². The van der Waals surface area contributed by atoms with Gasteiger partial charge in [-0.1, -0.05) is 18.6 Å². The molecule has 3 heterocycles. The summed E-state index contributed by atoms with van der Waals surface area (Å²) in [6, 6.07) is 8.12. The number of carbonyl (C=O) groups excluding carboxylic acids is 2. The van der Waals surface area contributed by atoms with Crippen molar-refractivity contribution in [2.45, 2.75) is 63.6 Å². The Morgan fingerprint density at radius 2 is 2.10 bits per heavy atom. The monoisotopic (exact) mass is 413 g/mol. The molecular weight excluding hydrogens is 386 g/mol. The van der Waals surface area contributed by atoms with E-state index in [1.165, 1.54) is 11.3 Å². The maximum absolute atomic E-state index is 13.5. The number of thiazole rings is 1. The summed E-state index contributed by atoms with van der Waals surface area (Å²) in [4.78, 5) is 32.8. The van der Waals surface area contributed by atoms with Gasteiger partial charge >= 0.3 is 0 Å². The third kappa shape index (κ3) is 4.15. The number of nitrogens with one attached hydrogen (secondary N) is 1. The zero-order valence-electron chi connectivity index (χ0n) is 16.9. The molecule has 7 heteroatoms. The van der Waals surface area contributed by atoms with Crippen molar-refractivity contribution in [1.82, 2.24) is 15.2 Å². The average molecular weight is 414 g/mol. The highest BCUT2D eigenvalue weighted by atomic mass is 32.1. The molecule has 6 nitrogen and oxygen atoms in total. The molecule has 3 atom stereocenters. The second-order valence-corrected chi connectivity index (χ2v) is 8.76. The molecular formula is C22H27N3O3S. The van der Waals surface area contributed by atoms with Crippen LogP contribution in [0.5, 0.6) is 5.75 Å². The predicted octanol–water partition coefficient (Wildman–Crippen LogP) is 3.34. The second kappa shape index (κ2) is 8.53. The van der Waals surface area contributed by atoms with E-state index in [1.807, 2.05) is 24.0 Å². The minimum absolute atomic E-state index is 0.0169. The number of likely N-dealkylation sites (tertiary alicyclic amines) is 1. The number of nitrogens with zero attached hydrogens (tertiary/aromatic N) is 2. The first-order valence-corrected chi connectivity index (χ1v) is 11.1. The van der Waals surface area contributed by atoms with Crippen molar-refractivity contribution in [3.8, 4) is 5.75 Å². The Morgan fingerprint density at radius 3 is 2.79 bits per heavy atom. The third-order valence-corrected chi connectivity index (χ3v) is 6.96. The van der Waals surface area contributed by atoms with E-state index in [2.05, 4.69) is 22.4 Å². The number of methoxy groups -OCH3 is 1. The maximum Gasteiger partial charge on any atom is 0.266 e. The van der Waals surface area contributed by atoms with Crippen LogP contribution in [0.15, 0.2) is 29.8 Å². The quantitative estimate of drug-likeness (QED) is 0.834. The molecule has 2 amide bonds. The fourth-order valence-electron chi connectivity index (χ4n) is 4.60. The maximum atomic E-state index is 13.5. The molecule has 0 spiro atoms. The first-order chi connectivity index (χ1) is 14.1. The number of hydrogen-bond acceptors (Lipinski definition) is 5. The molecule has 1 aromatic carbocycles. The van der Waals surface area contributed by atoms with Crippen LogP contribution in [-0.2, 0) is 11.2 Å². The van der Waals surface area contributed by atoms with Crippen LogP contribution in [0.25, 0.3) is 0 Å². The Morgan fingerprint density at radius 1 is 1.31 bits per heavy atom. The van der Waals surface area contributed by atoms with E-state index in [4.69, 9.17) is 4.74 Å². The largest absolute Gasteiger partial charge is 0.497 e. The minimum Gasteiger partial charge on any atom is -0.497 e. The lowest BCUT2D eigenvalue weighted by Crippen LogP contribution is -2.49. The molecule has 0 radical (unpaired) electrons. The molecule has 1 N–H and O–H groups in total. The summed E-state index contributed by atoms with van der Waals surface area (Å²) in [5.74, 6) is 0.972. The van der Waals surface area contributed by atoms with Crippen LogP contribution < -0.4 is 10.1 Å². The number of aryl methyl sites for hydroxylation is 1. The lowest BCUT2D eigenvalue weighted by Gasteiger charge is -2.33. The van der Waals surface area contributed by atoms with Crippen molar-refractivity contribution in [3.05, 3.63) is 45.9 Å². The molecule has 0 bridgehead atoms. The molecule has 2 aliphatic rings. The van der Waals surface area contributed by atoms with E-state index >= 15 is 0 Å². The highest BCUT2D eigenvalue weighted by Gasteiger charge is 2.45. The number of ether oxygens (including phenoxy) is 1. The van der Waals surface area contributed by atoms with E-state index in [1.54, 1.807) is 12.6 Å². The van der Waals surface area contributed by atoms with Gasteiger partial charge in [0.25, 0.3) is 5.91 Å². The molecule has 0 aliphatic carbocycles. The minimum atomic E-state index is 0.0169. The van der Waals surface area contributed by atoms with Gasteiger partial charge in [-0.3, -0.25) is 9.59 Å². The normalized spacial score (nSPS) is 24.4. The average Bonchev–Trinajstić information content (AvgIpc) is 3.27. The Bertz CT molecular complexity index is 880. The Kier molecular flexibility index (Phi) is 5.85. The van der Waals surface area contributed by atoms with Crippen LogP contribution in [0.3, 0.4) is 0 Å². The molecule has 0 saturated carbocycles. The van der Waals surface area contributed by atoms with E-state index in [-0.39, 0.29) is 29.9 Å². The lowest BCUT2D eigenvalue weighted by molar-refractivity contribution is -0.122. The molecule has 2 fully saturated rings. The highest BCUT2D eigenvalue weighted by Crippen LogP contribution is 2.34. The van der Waals surface area contributed by atoms with Crippen LogP contribution in [0.4, 0.5) is 0 Å². The molecule has 0 unspecified atom stereocenters. The smallest absolute Gasteiger partial charge is 0.266 e. The number of amides is 2. The van der Waals surface area contributed by atoms with Crippen molar-refractivity contribution >= 4 is 23.2 Å². The summed E-state index contributed by atoms with van der Waals surface area (Å²) < 4.78 is 5.26. The number of fused-ring (bicyclic) bond motifs is 1. The van der Waals surface area contributed by atoms with Crippen molar-refractivity contribution in [2.24, 2.45) is 0 Å². The Balaban J connectivity index is 1.63. The van der Waals surface area contributed by atoms with Crippen molar-refractivity contribution < 1.29 is 14.3 Å². The SMILES string of the molecule is COc1ccc(C[C@@H]2C[C@@H]3NC(=O)CCCC[C@H]3N2C(=O)c2scnc2C)cc1. The summed E-state index contributed by atoms with van der Waals surface area (Å²) in [6.07, 6.45) is 4.89. The topological polar surface area (TPSA) is 71.5 Å². The summed E-state index contributed by atoms with van der Waals surface area (Å²) in [5, 5.41) is 3.19. The molecule has 1 aromatic heterocycles. The van der Waals surface area contributed by atoms with Gasteiger partial charge in [0.2, 0.25) is 5.91 Å². The molecule has 2 aliphatic heterocycles. The molecule has 4 rings (SSSR count). The van der Waals surface area contributed by atoms with Crippen LogP contribution in [0.1, 0.15) is 53.0 Å². The summed E-state index contributed by atoms with van der Waals surface area (Å²) in [5.41, 5.74) is 3.67. The first-order valence-electron chi connectivity index (χ1n) is 10.2. The van der Waals surface area contributed by atoms with Gasteiger partial charge in [-0.25, -0.2) is 4.98 Å². The van der Waals surface area contributed by atoms with Gasteiger partial charge in [-0.2, -0.15) is 0 Å². The summed E-state index contributed by atoms with van der Waals surface area (Å²) in [6.45, 7) is 1.88. The van der Waals surface area contributed by atoms with E-state index in [0.717, 1.165) is 49.1 Å². The number of carbonyl (C=O) groups is 2. The third-order valence-electron chi connectivity index (χ3n) is 6.05.